The highest BCUT2D eigenvalue weighted by Crippen LogP contribution is 2.34. The van der Waals surface area contributed by atoms with Crippen molar-refractivity contribution in [1.82, 2.24) is 15.3 Å². The molecule has 0 aliphatic rings. The Labute approximate surface area is 180 Å². The predicted octanol–water partition coefficient (Wildman–Crippen LogP) is 6.56. The normalized spacial score (nSPS) is 11.2. The lowest BCUT2D eigenvalue weighted by Crippen LogP contribution is -2.12. The Morgan fingerprint density at radius 3 is 2.43 bits per heavy atom. The third kappa shape index (κ3) is 3.92. The molecule has 0 aliphatic heterocycles. The molecule has 2 aromatic heterocycles. The van der Waals surface area contributed by atoms with E-state index in [2.05, 4.69) is 102 Å². The van der Waals surface area contributed by atoms with Crippen LogP contribution >= 0.6 is 11.3 Å². The molecule has 0 unspecified atom stereocenters. The van der Waals surface area contributed by atoms with E-state index in [4.69, 9.17) is 4.98 Å². The largest absolute Gasteiger partial charge is 0.337 e. The Morgan fingerprint density at radius 1 is 0.800 bits per heavy atom. The van der Waals surface area contributed by atoms with Gasteiger partial charge in [-0.05, 0) is 53.4 Å². The van der Waals surface area contributed by atoms with Gasteiger partial charge in [-0.2, -0.15) is 0 Å². The molecule has 30 heavy (non-hydrogen) atoms. The van der Waals surface area contributed by atoms with Crippen molar-refractivity contribution in [2.45, 2.75) is 20.0 Å². The standard InChI is InChI=1S/C26H23N3S/c1-18-7-5-12-22-25(18)29-26(28-22)24-14-13-23(30-24)21-11-6-10-20(15-21)17-27-16-19-8-3-2-4-9-19/h2-15,27H,16-17H2,1H3,(H,28,29). The van der Waals surface area contributed by atoms with E-state index in [-0.39, 0.29) is 0 Å². The van der Waals surface area contributed by atoms with Crippen LogP contribution in [0.3, 0.4) is 0 Å². The lowest BCUT2D eigenvalue weighted by Gasteiger charge is -2.07. The van der Waals surface area contributed by atoms with E-state index < -0.39 is 0 Å². The first-order chi connectivity index (χ1) is 14.8. The van der Waals surface area contributed by atoms with Gasteiger partial charge in [-0.3, -0.25) is 0 Å². The van der Waals surface area contributed by atoms with Crippen LogP contribution in [-0.4, -0.2) is 9.97 Å². The van der Waals surface area contributed by atoms with E-state index in [1.807, 2.05) is 0 Å². The van der Waals surface area contributed by atoms with E-state index in [1.165, 1.54) is 27.1 Å². The molecule has 3 aromatic carbocycles. The molecule has 0 amide bonds. The third-order valence-corrected chi connectivity index (χ3v) is 6.41. The van der Waals surface area contributed by atoms with Crippen LogP contribution in [0.25, 0.3) is 32.2 Å². The monoisotopic (exact) mass is 409 g/mol. The van der Waals surface area contributed by atoms with Crippen molar-refractivity contribution in [3.05, 3.63) is 102 Å². The van der Waals surface area contributed by atoms with Crippen molar-refractivity contribution < 1.29 is 0 Å². The summed E-state index contributed by atoms with van der Waals surface area (Å²) < 4.78 is 0. The summed E-state index contributed by atoms with van der Waals surface area (Å²) in [4.78, 5) is 10.7. The minimum Gasteiger partial charge on any atom is -0.337 e. The van der Waals surface area contributed by atoms with Gasteiger partial charge >= 0.3 is 0 Å². The Bertz CT molecular complexity index is 1280. The van der Waals surface area contributed by atoms with Gasteiger partial charge in [-0.25, -0.2) is 4.98 Å². The van der Waals surface area contributed by atoms with Gasteiger partial charge in [0, 0.05) is 18.0 Å². The SMILES string of the molecule is Cc1cccc2[nH]c(-c3ccc(-c4cccc(CNCc5ccccc5)c4)s3)nc12. The van der Waals surface area contributed by atoms with Crippen molar-refractivity contribution in [1.29, 1.82) is 0 Å². The molecule has 0 saturated heterocycles. The smallest absolute Gasteiger partial charge is 0.148 e. The van der Waals surface area contributed by atoms with Gasteiger partial charge in [0.2, 0.25) is 0 Å². The van der Waals surface area contributed by atoms with Gasteiger partial charge < -0.3 is 10.3 Å². The summed E-state index contributed by atoms with van der Waals surface area (Å²) in [6.45, 7) is 3.83. The van der Waals surface area contributed by atoms with Crippen LogP contribution < -0.4 is 5.32 Å². The topological polar surface area (TPSA) is 40.7 Å². The first kappa shape index (κ1) is 18.8. The highest BCUT2D eigenvalue weighted by molar-refractivity contribution is 7.18. The molecule has 2 N–H and O–H groups in total. The molecule has 0 fully saturated rings. The molecule has 2 heterocycles. The fourth-order valence-electron chi connectivity index (χ4n) is 3.69. The highest BCUT2D eigenvalue weighted by atomic mass is 32.1. The second-order valence-electron chi connectivity index (χ2n) is 7.51. The number of hydrogen-bond donors (Lipinski definition) is 2. The number of imidazole rings is 1. The summed E-state index contributed by atoms with van der Waals surface area (Å²) in [5.74, 6) is 0.941. The minimum atomic E-state index is 0.851. The second kappa shape index (κ2) is 8.27. The fraction of sp³-hybridized carbons (Fsp3) is 0.115. The number of thiophene rings is 1. The summed E-state index contributed by atoms with van der Waals surface area (Å²) in [7, 11) is 0. The van der Waals surface area contributed by atoms with Crippen LogP contribution in [0, 0.1) is 6.92 Å². The van der Waals surface area contributed by atoms with Crippen molar-refractivity contribution in [2.75, 3.05) is 0 Å². The van der Waals surface area contributed by atoms with Gasteiger partial charge in [0.25, 0.3) is 0 Å². The maximum absolute atomic E-state index is 4.82. The van der Waals surface area contributed by atoms with Gasteiger partial charge in [0.05, 0.1) is 15.9 Å². The zero-order valence-electron chi connectivity index (χ0n) is 16.9. The number of nitrogens with zero attached hydrogens (tertiary/aromatic N) is 1. The number of aromatic amines is 1. The zero-order valence-corrected chi connectivity index (χ0v) is 17.7. The summed E-state index contributed by atoms with van der Waals surface area (Å²) in [6, 6.07) is 29.9. The molecular weight excluding hydrogens is 386 g/mol. The Kier molecular flexibility index (Phi) is 5.18. The number of benzene rings is 3. The van der Waals surface area contributed by atoms with Crippen LogP contribution in [0.4, 0.5) is 0 Å². The Hall–Kier alpha value is -3.21. The van der Waals surface area contributed by atoms with E-state index in [9.17, 15) is 0 Å². The average Bonchev–Trinajstić information content (AvgIpc) is 3.43. The zero-order chi connectivity index (χ0) is 20.3. The van der Waals surface area contributed by atoms with Crippen LogP contribution in [0.2, 0.25) is 0 Å². The van der Waals surface area contributed by atoms with Gasteiger partial charge in [0.1, 0.15) is 5.82 Å². The lowest BCUT2D eigenvalue weighted by molar-refractivity contribution is 0.693. The molecular formula is C26H23N3S. The molecule has 0 saturated carbocycles. The first-order valence-corrected chi connectivity index (χ1v) is 11.0. The van der Waals surface area contributed by atoms with Crippen LogP contribution in [-0.2, 0) is 13.1 Å². The summed E-state index contributed by atoms with van der Waals surface area (Å²) in [5, 5.41) is 3.54. The number of H-pyrrole nitrogens is 1. The molecule has 5 aromatic rings. The third-order valence-electron chi connectivity index (χ3n) is 5.27. The molecule has 3 nitrogen and oxygen atoms in total. The van der Waals surface area contributed by atoms with Gasteiger partial charge in [-0.1, -0.05) is 60.7 Å². The average molecular weight is 410 g/mol. The summed E-state index contributed by atoms with van der Waals surface area (Å²) in [5.41, 5.74) is 7.18. The number of rotatable bonds is 6. The number of aryl methyl sites for hydroxylation is 1. The minimum absolute atomic E-state index is 0.851. The van der Waals surface area contributed by atoms with E-state index in [1.54, 1.807) is 11.3 Å². The molecule has 4 heteroatoms. The number of hydrogen-bond acceptors (Lipinski definition) is 3. The van der Waals surface area contributed by atoms with Crippen molar-refractivity contribution in [3.63, 3.8) is 0 Å². The quantitative estimate of drug-likeness (QED) is 0.333. The van der Waals surface area contributed by atoms with Crippen molar-refractivity contribution >= 4 is 22.4 Å². The predicted molar refractivity (Wildman–Crippen MR) is 127 cm³/mol. The number of nitrogens with one attached hydrogen (secondary N) is 2. The van der Waals surface area contributed by atoms with E-state index >= 15 is 0 Å². The molecule has 5 rings (SSSR count). The molecule has 148 valence electrons. The van der Waals surface area contributed by atoms with Crippen LogP contribution in [0.15, 0.2) is 84.9 Å². The van der Waals surface area contributed by atoms with Crippen LogP contribution in [0.1, 0.15) is 16.7 Å². The fourth-order valence-corrected chi connectivity index (χ4v) is 4.64. The van der Waals surface area contributed by atoms with E-state index in [0.29, 0.717) is 0 Å². The van der Waals surface area contributed by atoms with E-state index in [0.717, 1.165) is 34.8 Å². The molecule has 0 spiro atoms. The number of fused-ring (bicyclic) bond motifs is 1. The Morgan fingerprint density at radius 2 is 1.57 bits per heavy atom. The van der Waals surface area contributed by atoms with Gasteiger partial charge in [-0.15, -0.1) is 11.3 Å². The lowest BCUT2D eigenvalue weighted by atomic mass is 10.1. The molecule has 0 bridgehead atoms. The first-order valence-electron chi connectivity index (χ1n) is 10.2. The highest BCUT2D eigenvalue weighted by Gasteiger charge is 2.10. The molecule has 0 aliphatic carbocycles. The summed E-state index contributed by atoms with van der Waals surface area (Å²) in [6.07, 6.45) is 0. The number of aromatic nitrogens is 2. The Balaban J connectivity index is 1.33. The van der Waals surface area contributed by atoms with Crippen LogP contribution in [0.5, 0.6) is 0 Å². The summed E-state index contributed by atoms with van der Waals surface area (Å²) >= 11 is 1.78. The van der Waals surface area contributed by atoms with Crippen molar-refractivity contribution in [2.24, 2.45) is 0 Å². The second-order valence-corrected chi connectivity index (χ2v) is 8.59. The molecule has 0 atom stereocenters. The maximum Gasteiger partial charge on any atom is 0.148 e. The number of para-hydroxylation sites is 1. The van der Waals surface area contributed by atoms with Crippen molar-refractivity contribution in [3.8, 4) is 21.1 Å². The molecule has 0 radical (unpaired) electrons. The van der Waals surface area contributed by atoms with Gasteiger partial charge in [0.15, 0.2) is 0 Å². The maximum atomic E-state index is 4.82.